The van der Waals surface area contributed by atoms with Crippen LogP contribution >= 0.6 is 15.9 Å². The molecular formula is C31H35BrF4N4O5S. The molecule has 4 N–H and O–H groups in total. The molecule has 1 saturated heterocycles. The van der Waals surface area contributed by atoms with Crippen molar-refractivity contribution in [2.45, 2.75) is 44.6 Å². The second kappa shape index (κ2) is 15.5. The fraction of sp³-hybridized carbons (Fsp3) is 0.387. The first-order chi connectivity index (χ1) is 21.8. The molecule has 0 aromatic heterocycles. The largest absolute Gasteiger partial charge is 0.491 e. The molecule has 1 fully saturated rings. The Morgan fingerprint density at radius 1 is 1.11 bits per heavy atom. The number of hydrogen-bond donors (Lipinski definition) is 4. The SMILES string of the molecule is CCNc1cc(C(=O)N[C@@H](COc2cccc(Br)c2)[C@H](O)CNCc2cccc(C(F)(F)F)c2)c(F)c(N2CCCCS2(=O)=O)c1. The van der Waals surface area contributed by atoms with E-state index in [0.29, 0.717) is 36.4 Å². The second-order valence-corrected chi connectivity index (χ2v) is 13.7. The van der Waals surface area contributed by atoms with Gasteiger partial charge in [0.25, 0.3) is 5.91 Å². The van der Waals surface area contributed by atoms with Crippen LogP contribution in [0.4, 0.5) is 28.9 Å². The average Bonchev–Trinajstić information content (AvgIpc) is 2.99. The van der Waals surface area contributed by atoms with Crippen LogP contribution < -0.4 is 25.0 Å². The van der Waals surface area contributed by atoms with Crippen LogP contribution in [0.2, 0.25) is 0 Å². The van der Waals surface area contributed by atoms with Crippen LogP contribution in [0.15, 0.2) is 65.1 Å². The number of aliphatic hydroxyl groups is 1. The van der Waals surface area contributed by atoms with E-state index in [-0.39, 0.29) is 37.7 Å². The lowest BCUT2D eigenvalue weighted by atomic mass is 10.1. The van der Waals surface area contributed by atoms with Gasteiger partial charge in [-0.2, -0.15) is 13.2 Å². The lowest BCUT2D eigenvalue weighted by molar-refractivity contribution is -0.137. The molecule has 3 aromatic rings. The Labute approximate surface area is 273 Å². The number of benzene rings is 3. The molecule has 0 radical (unpaired) electrons. The number of amides is 1. The number of hydrogen-bond acceptors (Lipinski definition) is 7. The highest BCUT2D eigenvalue weighted by atomic mass is 79.9. The third-order valence-corrected chi connectivity index (χ3v) is 9.59. The minimum atomic E-state index is -4.51. The van der Waals surface area contributed by atoms with Crippen molar-refractivity contribution in [3.63, 3.8) is 0 Å². The Hall–Kier alpha value is -3.40. The van der Waals surface area contributed by atoms with E-state index in [1.54, 1.807) is 31.2 Å². The van der Waals surface area contributed by atoms with Crippen LogP contribution in [-0.2, 0) is 22.7 Å². The number of aliphatic hydroxyl groups excluding tert-OH is 1. The highest BCUT2D eigenvalue weighted by molar-refractivity contribution is 9.10. The van der Waals surface area contributed by atoms with E-state index in [1.165, 1.54) is 24.3 Å². The molecule has 1 aliphatic heterocycles. The highest BCUT2D eigenvalue weighted by Crippen LogP contribution is 2.32. The number of halogens is 5. The molecule has 0 unspecified atom stereocenters. The number of ether oxygens (including phenoxy) is 1. The molecule has 0 spiro atoms. The fourth-order valence-electron chi connectivity index (χ4n) is 4.92. The minimum absolute atomic E-state index is 0.0127. The Morgan fingerprint density at radius 2 is 1.87 bits per heavy atom. The molecule has 15 heteroatoms. The molecule has 46 heavy (non-hydrogen) atoms. The van der Waals surface area contributed by atoms with Gasteiger partial charge in [0.2, 0.25) is 10.0 Å². The van der Waals surface area contributed by atoms with Crippen molar-refractivity contribution < 1.29 is 40.6 Å². The molecule has 2 atom stereocenters. The monoisotopic (exact) mass is 730 g/mol. The summed E-state index contributed by atoms with van der Waals surface area (Å²) in [5.41, 5.74) is -0.844. The Kier molecular flexibility index (Phi) is 11.9. The van der Waals surface area contributed by atoms with Crippen LogP contribution in [0.25, 0.3) is 0 Å². The number of carbonyl (C=O) groups is 1. The Bertz CT molecular complexity index is 1630. The molecule has 1 amide bonds. The van der Waals surface area contributed by atoms with Crippen molar-refractivity contribution in [2.75, 3.05) is 41.6 Å². The molecule has 9 nitrogen and oxygen atoms in total. The number of carbonyl (C=O) groups excluding carboxylic acids is 1. The number of nitrogens with zero attached hydrogens (tertiary/aromatic N) is 1. The highest BCUT2D eigenvalue weighted by Gasteiger charge is 2.32. The average molecular weight is 732 g/mol. The first kappa shape index (κ1) is 35.5. The minimum Gasteiger partial charge on any atom is -0.491 e. The summed E-state index contributed by atoms with van der Waals surface area (Å²) in [5.74, 6) is -1.69. The fourth-order valence-corrected chi connectivity index (χ4v) is 6.93. The molecule has 0 aliphatic carbocycles. The van der Waals surface area contributed by atoms with Crippen LogP contribution in [-0.4, -0.2) is 63.6 Å². The molecule has 250 valence electrons. The summed E-state index contributed by atoms with van der Waals surface area (Å²) in [7, 11) is -3.80. The van der Waals surface area contributed by atoms with Crippen molar-refractivity contribution in [1.29, 1.82) is 0 Å². The molecule has 0 bridgehead atoms. The van der Waals surface area contributed by atoms with Crippen LogP contribution in [0.3, 0.4) is 0 Å². The van der Waals surface area contributed by atoms with E-state index in [9.17, 15) is 31.5 Å². The van der Waals surface area contributed by atoms with Crippen molar-refractivity contribution in [3.05, 3.63) is 87.6 Å². The molecule has 3 aromatic carbocycles. The van der Waals surface area contributed by atoms with Gasteiger partial charge in [0.05, 0.1) is 34.7 Å². The molecular weight excluding hydrogens is 696 g/mol. The summed E-state index contributed by atoms with van der Waals surface area (Å²) in [6.45, 7) is 1.84. The van der Waals surface area contributed by atoms with Gasteiger partial charge >= 0.3 is 6.18 Å². The normalized spacial score (nSPS) is 16.0. The lowest BCUT2D eigenvalue weighted by Crippen LogP contribution is -2.50. The topological polar surface area (TPSA) is 120 Å². The van der Waals surface area contributed by atoms with E-state index in [1.807, 2.05) is 0 Å². The number of anilines is 2. The number of alkyl halides is 3. The number of sulfonamides is 1. The molecule has 1 heterocycles. The Morgan fingerprint density at radius 3 is 2.57 bits per heavy atom. The van der Waals surface area contributed by atoms with Gasteiger partial charge in [-0.3, -0.25) is 9.10 Å². The molecule has 0 saturated carbocycles. The van der Waals surface area contributed by atoms with Crippen LogP contribution in [0, 0.1) is 5.82 Å². The predicted octanol–water partition coefficient (Wildman–Crippen LogP) is 5.30. The third kappa shape index (κ3) is 9.33. The summed E-state index contributed by atoms with van der Waals surface area (Å²) in [6, 6.07) is 13.1. The zero-order valence-corrected chi connectivity index (χ0v) is 27.3. The van der Waals surface area contributed by atoms with Gasteiger partial charge in [0, 0.05) is 36.3 Å². The van der Waals surface area contributed by atoms with Gasteiger partial charge in [0.15, 0.2) is 5.82 Å². The summed E-state index contributed by atoms with van der Waals surface area (Å²) in [5, 5.41) is 19.6. The number of nitrogens with one attached hydrogen (secondary N) is 3. The van der Waals surface area contributed by atoms with Crippen LogP contribution in [0.1, 0.15) is 41.3 Å². The van der Waals surface area contributed by atoms with Gasteiger partial charge in [-0.15, -0.1) is 0 Å². The van der Waals surface area contributed by atoms with Gasteiger partial charge in [0.1, 0.15) is 12.4 Å². The zero-order valence-electron chi connectivity index (χ0n) is 24.9. The maximum absolute atomic E-state index is 15.9. The van der Waals surface area contributed by atoms with Crippen molar-refractivity contribution in [2.24, 2.45) is 0 Å². The van der Waals surface area contributed by atoms with Gasteiger partial charge in [-0.1, -0.05) is 40.2 Å². The molecule has 1 aliphatic rings. The predicted molar refractivity (Wildman–Crippen MR) is 171 cm³/mol. The van der Waals surface area contributed by atoms with E-state index in [4.69, 9.17) is 4.74 Å². The third-order valence-electron chi connectivity index (χ3n) is 7.24. The maximum atomic E-state index is 15.9. The summed E-state index contributed by atoms with van der Waals surface area (Å²) < 4.78 is 88.4. The summed E-state index contributed by atoms with van der Waals surface area (Å²) >= 11 is 3.34. The Balaban J connectivity index is 1.56. The van der Waals surface area contributed by atoms with Crippen molar-refractivity contribution in [3.8, 4) is 5.75 Å². The van der Waals surface area contributed by atoms with Crippen molar-refractivity contribution >= 4 is 43.2 Å². The van der Waals surface area contributed by atoms with Gasteiger partial charge in [-0.05, 0) is 61.7 Å². The standard InChI is InChI=1S/C31H35BrF4N4O5S/c1-2-38-23-15-25(29(33)27(16-23)40-11-3-4-12-46(40,43)44)30(42)39-26(19-45-24-10-6-9-22(32)14-24)28(41)18-37-17-20-7-5-8-21(13-20)31(34,35)36/h5-10,13-16,26,28,37-38,41H,2-4,11-12,17-19H2,1H3,(H,39,42)/t26-,28+/m0/s1. The van der Waals surface area contributed by atoms with Gasteiger partial charge < -0.3 is 25.8 Å². The summed E-state index contributed by atoms with van der Waals surface area (Å²) in [6.07, 6.45) is -4.87. The second-order valence-electron chi connectivity index (χ2n) is 10.7. The quantitative estimate of drug-likeness (QED) is 0.176. The lowest BCUT2D eigenvalue weighted by Gasteiger charge is -2.30. The number of rotatable bonds is 13. The van der Waals surface area contributed by atoms with Crippen LogP contribution in [0.5, 0.6) is 5.75 Å². The van der Waals surface area contributed by atoms with E-state index in [2.05, 4.69) is 31.9 Å². The first-order valence-corrected chi connectivity index (χ1v) is 17.0. The maximum Gasteiger partial charge on any atom is 0.416 e. The first-order valence-electron chi connectivity index (χ1n) is 14.6. The van der Waals surface area contributed by atoms with E-state index in [0.717, 1.165) is 20.9 Å². The van der Waals surface area contributed by atoms with E-state index >= 15 is 4.39 Å². The summed E-state index contributed by atoms with van der Waals surface area (Å²) in [4.78, 5) is 13.6. The zero-order chi connectivity index (χ0) is 33.5. The molecule has 4 rings (SSSR count). The van der Waals surface area contributed by atoms with Gasteiger partial charge in [-0.25, -0.2) is 12.8 Å². The smallest absolute Gasteiger partial charge is 0.416 e. The van der Waals surface area contributed by atoms with E-state index < -0.39 is 51.2 Å². The van der Waals surface area contributed by atoms with Crippen molar-refractivity contribution in [1.82, 2.24) is 10.6 Å².